The summed E-state index contributed by atoms with van der Waals surface area (Å²) in [6.45, 7) is 3.82. The summed E-state index contributed by atoms with van der Waals surface area (Å²) in [7, 11) is 0. The summed E-state index contributed by atoms with van der Waals surface area (Å²) in [6.07, 6.45) is 19.4. The molecule has 0 N–H and O–H groups in total. The molecule has 0 aliphatic heterocycles. The molecule has 2 nitrogen and oxygen atoms in total. The minimum atomic E-state index is -1.54. The zero-order valence-electron chi connectivity index (χ0n) is 18.2. The van der Waals surface area contributed by atoms with Crippen LogP contribution in [0, 0.1) is 29.6 Å². The van der Waals surface area contributed by atoms with Gasteiger partial charge in [-0.1, -0.05) is 18.2 Å². The maximum absolute atomic E-state index is 12.6. The first-order chi connectivity index (χ1) is 14.5. The van der Waals surface area contributed by atoms with Gasteiger partial charge in [0, 0.05) is 0 Å². The molecule has 0 radical (unpaired) electrons. The zero-order valence-corrected chi connectivity index (χ0v) is 18.2. The van der Waals surface area contributed by atoms with Gasteiger partial charge in [-0.2, -0.15) is 8.78 Å². The van der Waals surface area contributed by atoms with Gasteiger partial charge in [0.25, 0.3) is 6.08 Å². The van der Waals surface area contributed by atoms with E-state index in [1.807, 2.05) is 6.08 Å². The van der Waals surface area contributed by atoms with Gasteiger partial charge in [0.05, 0.1) is 5.92 Å². The van der Waals surface area contributed by atoms with Gasteiger partial charge in [0.1, 0.15) is 6.10 Å². The summed E-state index contributed by atoms with van der Waals surface area (Å²) < 4.78 is 30.6. The Bertz CT molecular complexity index is 599. The molecular formula is C26H38F2O2. The molecule has 0 aromatic carbocycles. The quantitative estimate of drug-likeness (QED) is 0.313. The molecule has 0 unspecified atom stereocenters. The van der Waals surface area contributed by atoms with Crippen LogP contribution in [0.4, 0.5) is 8.78 Å². The lowest BCUT2D eigenvalue weighted by molar-refractivity contribution is -0.157. The number of halogens is 2. The first-order valence-electron chi connectivity index (χ1n) is 12.1. The van der Waals surface area contributed by atoms with Crippen molar-refractivity contribution in [1.82, 2.24) is 0 Å². The highest BCUT2D eigenvalue weighted by atomic mass is 19.3. The molecule has 3 saturated carbocycles. The van der Waals surface area contributed by atoms with E-state index in [4.69, 9.17) is 4.74 Å². The fraction of sp³-hybridized carbons (Fsp3) is 0.731. The topological polar surface area (TPSA) is 26.3 Å². The Labute approximate surface area is 180 Å². The van der Waals surface area contributed by atoms with Gasteiger partial charge < -0.3 is 4.74 Å². The van der Waals surface area contributed by atoms with Gasteiger partial charge >= 0.3 is 5.97 Å². The largest absolute Gasteiger partial charge is 0.462 e. The van der Waals surface area contributed by atoms with Gasteiger partial charge in [-0.05, 0) is 113 Å². The molecule has 0 atom stereocenters. The Hall–Kier alpha value is -1.45. The van der Waals surface area contributed by atoms with E-state index in [1.165, 1.54) is 0 Å². The Morgan fingerprint density at radius 1 is 0.800 bits per heavy atom. The molecule has 3 aliphatic carbocycles. The summed E-state index contributed by atoms with van der Waals surface area (Å²) >= 11 is 0. The van der Waals surface area contributed by atoms with Gasteiger partial charge in [0.15, 0.2) is 0 Å². The number of carbonyl (C=O) groups is 1. The first kappa shape index (κ1) is 23.2. The fourth-order valence-corrected chi connectivity index (χ4v) is 5.53. The van der Waals surface area contributed by atoms with E-state index >= 15 is 0 Å². The van der Waals surface area contributed by atoms with E-state index in [1.54, 1.807) is 0 Å². The van der Waals surface area contributed by atoms with E-state index < -0.39 is 6.08 Å². The Morgan fingerprint density at radius 2 is 1.33 bits per heavy atom. The highest BCUT2D eigenvalue weighted by Crippen LogP contribution is 2.35. The van der Waals surface area contributed by atoms with Crippen LogP contribution < -0.4 is 0 Å². The summed E-state index contributed by atoms with van der Waals surface area (Å²) in [6, 6.07) is 0. The third-order valence-corrected chi connectivity index (χ3v) is 7.52. The van der Waals surface area contributed by atoms with E-state index in [0.717, 1.165) is 95.5 Å². The zero-order chi connectivity index (χ0) is 21.3. The van der Waals surface area contributed by atoms with Crippen LogP contribution in [0.2, 0.25) is 0 Å². The lowest BCUT2D eigenvalue weighted by atomic mass is 9.79. The van der Waals surface area contributed by atoms with Crippen molar-refractivity contribution in [1.29, 1.82) is 0 Å². The highest BCUT2D eigenvalue weighted by Gasteiger charge is 2.30. The lowest BCUT2D eigenvalue weighted by Crippen LogP contribution is -2.30. The summed E-state index contributed by atoms with van der Waals surface area (Å²) in [5, 5.41) is 0. The Balaban J connectivity index is 1.33. The lowest BCUT2D eigenvalue weighted by Gasteiger charge is -2.31. The number of ether oxygens (including phenoxy) is 1. The van der Waals surface area contributed by atoms with Crippen molar-refractivity contribution in [2.75, 3.05) is 0 Å². The molecular weight excluding hydrogens is 382 g/mol. The molecule has 0 aromatic heterocycles. The fourth-order valence-electron chi connectivity index (χ4n) is 5.53. The van der Waals surface area contributed by atoms with Gasteiger partial charge in [-0.25, -0.2) is 0 Å². The minimum Gasteiger partial charge on any atom is -0.462 e. The molecule has 0 saturated heterocycles. The van der Waals surface area contributed by atoms with E-state index in [-0.39, 0.29) is 23.9 Å². The third-order valence-electron chi connectivity index (χ3n) is 7.52. The van der Waals surface area contributed by atoms with Crippen LogP contribution in [-0.2, 0) is 9.53 Å². The van der Waals surface area contributed by atoms with Crippen molar-refractivity contribution in [3.8, 4) is 0 Å². The molecule has 0 bridgehead atoms. The average Bonchev–Trinajstić information content (AvgIpc) is 2.75. The number of carbonyl (C=O) groups excluding carboxylic acids is 1. The molecule has 3 rings (SSSR count). The van der Waals surface area contributed by atoms with Crippen molar-refractivity contribution in [2.45, 2.75) is 89.6 Å². The van der Waals surface area contributed by atoms with E-state index in [0.29, 0.717) is 11.8 Å². The van der Waals surface area contributed by atoms with Gasteiger partial charge in [0.2, 0.25) is 0 Å². The van der Waals surface area contributed by atoms with Gasteiger partial charge in [-0.3, -0.25) is 4.79 Å². The molecule has 0 amide bonds. The average molecular weight is 421 g/mol. The highest BCUT2D eigenvalue weighted by molar-refractivity contribution is 5.72. The monoisotopic (exact) mass is 420 g/mol. The molecule has 4 heteroatoms. The van der Waals surface area contributed by atoms with Crippen LogP contribution in [0.1, 0.15) is 83.5 Å². The van der Waals surface area contributed by atoms with Crippen molar-refractivity contribution >= 4 is 5.97 Å². The van der Waals surface area contributed by atoms with E-state index in [9.17, 15) is 13.6 Å². The number of esters is 1. The number of rotatable bonds is 7. The summed E-state index contributed by atoms with van der Waals surface area (Å²) in [5.41, 5.74) is 0. The predicted octanol–water partition coefficient (Wildman–Crippen LogP) is 7.61. The molecule has 0 aromatic rings. The smallest absolute Gasteiger partial charge is 0.309 e. The number of hydrogen-bond acceptors (Lipinski definition) is 2. The Morgan fingerprint density at radius 3 is 1.87 bits per heavy atom. The van der Waals surface area contributed by atoms with Gasteiger partial charge in [-0.15, -0.1) is 6.58 Å². The number of hydrogen-bond donors (Lipinski definition) is 0. The summed E-state index contributed by atoms with van der Waals surface area (Å²) in [4.78, 5) is 12.6. The first-order valence-corrected chi connectivity index (χ1v) is 12.1. The van der Waals surface area contributed by atoms with Crippen LogP contribution in [0.3, 0.4) is 0 Å². The van der Waals surface area contributed by atoms with Crippen LogP contribution in [0.5, 0.6) is 0 Å². The van der Waals surface area contributed by atoms with Crippen molar-refractivity contribution < 1.29 is 18.3 Å². The molecule has 0 spiro atoms. The number of allylic oxidation sites excluding steroid dienone is 4. The third kappa shape index (κ3) is 7.35. The molecule has 3 aliphatic rings. The molecule has 0 heterocycles. The second-order valence-corrected chi connectivity index (χ2v) is 9.73. The van der Waals surface area contributed by atoms with Crippen LogP contribution in [0.15, 0.2) is 37.0 Å². The van der Waals surface area contributed by atoms with Crippen molar-refractivity contribution in [3.05, 3.63) is 37.0 Å². The minimum absolute atomic E-state index is 0.0241. The van der Waals surface area contributed by atoms with Crippen molar-refractivity contribution in [2.24, 2.45) is 29.6 Å². The van der Waals surface area contributed by atoms with Crippen LogP contribution in [-0.4, -0.2) is 12.1 Å². The normalized spacial score (nSPS) is 35.0. The maximum Gasteiger partial charge on any atom is 0.309 e. The van der Waals surface area contributed by atoms with Crippen LogP contribution in [0.25, 0.3) is 0 Å². The molecule has 30 heavy (non-hydrogen) atoms. The van der Waals surface area contributed by atoms with Crippen molar-refractivity contribution in [3.63, 3.8) is 0 Å². The SMILES string of the molecule is C=CCC1CCC(OC(=O)C2CCC(/C=C/C3CCC(C=C(F)F)CC3)CC2)CC1. The molecule has 168 valence electrons. The molecule has 3 fully saturated rings. The summed E-state index contributed by atoms with van der Waals surface area (Å²) in [5.74, 6) is 1.93. The second-order valence-electron chi connectivity index (χ2n) is 9.73. The standard InChI is InChI=1S/C26H38F2O2/c1-2-3-19-12-16-24(17-13-19)30-26(29)23-14-10-21(11-15-23)5-4-20-6-8-22(9-7-20)18-25(27)28/h2,4-5,18-24H,1,3,6-17H2/b5-4+. The predicted molar refractivity (Wildman–Crippen MR) is 117 cm³/mol. The Kier molecular flexibility index (Phi) is 9.14. The maximum atomic E-state index is 12.6. The second kappa shape index (κ2) is 11.8. The van der Waals surface area contributed by atoms with Crippen LogP contribution >= 0.6 is 0 Å². The van der Waals surface area contributed by atoms with E-state index in [2.05, 4.69) is 18.7 Å².